The first-order valence-electron chi connectivity index (χ1n) is 8.91. The lowest BCUT2D eigenvalue weighted by molar-refractivity contribution is 0.215. The van der Waals surface area contributed by atoms with Crippen LogP contribution in [0.3, 0.4) is 0 Å². The van der Waals surface area contributed by atoms with Crippen molar-refractivity contribution >= 4 is 5.82 Å². The number of benzene rings is 1. The number of piperidine rings is 1. The smallest absolute Gasteiger partial charge is 0.133 e. The highest BCUT2D eigenvalue weighted by atomic mass is 15.3. The van der Waals surface area contributed by atoms with E-state index in [1.807, 2.05) is 0 Å². The molecule has 4 nitrogen and oxygen atoms in total. The number of aromatic nitrogens is 2. The predicted octanol–water partition coefficient (Wildman–Crippen LogP) is 3.35. The number of anilines is 1. The second-order valence-corrected chi connectivity index (χ2v) is 6.87. The number of hydrogen-bond donors (Lipinski definition) is 1. The molecule has 3 heterocycles. The largest absolute Gasteiger partial charge is 0.369 e. The minimum atomic E-state index is 0.586. The summed E-state index contributed by atoms with van der Waals surface area (Å²) >= 11 is 0. The van der Waals surface area contributed by atoms with E-state index >= 15 is 0 Å². The molecule has 1 N–H and O–H groups in total. The lowest BCUT2D eigenvalue weighted by Crippen LogP contribution is -2.34. The Bertz CT molecular complexity index is 703. The molecule has 2 aromatic rings. The van der Waals surface area contributed by atoms with Gasteiger partial charge in [-0.1, -0.05) is 19.1 Å². The number of fused-ring (bicyclic) bond motifs is 1. The lowest BCUT2D eigenvalue weighted by atomic mass is 9.92. The van der Waals surface area contributed by atoms with Gasteiger partial charge in [0.15, 0.2) is 0 Å². The van der Waals surface area contributed by atoms with Gasteiger partial charge in [-0.25, -0.2) is 4.68 Å². The monoisotopic (exact) mass is 310 g/mol. The van der Waals surface area contributed by atoms with Crippen molar-refractivity contribution in [2.75, 3.05) is 31.5 Å². The van der Waals surface area contributed by atoms with Crippen LogP contribution in [0.2, 0.25) is 0 Å². The number of likely N-dealkylation sites (tertiary alicyclic amines) is 1. The number of hydrogen-bond acceptors (Lipinski definition) is 3. The molecule has 0 spiro atoms. The highest BCUT2D eigenvalue weighted by molar-refractivity contribution is 5.58. The number of rotatable bonds is 3. The molecule has 0 amide bonds. The maximum absolute atomic E-state index is 5.06. The van der Waals surface area contributed by atoms with Gasteiger partial charge in [-0.3, -0.25) is 0 Å². The molecule has 122 valence electrons. The maximum Gasteiger partial charge on any atom is 0.133 e. The van der Waals surface area contributed by atoms with Gasteiger partial charge < -0.3 is 10.2 Å². The van der Waals surface area contributed by atoms with Gasteiger partial charge in [-0.05, 0) is 57.0 Å². The Balaban J connectivity index is 1.73. The molecular weight excluding hydrogens is 284 g/mol. The van der Waals surface area contributed by atoms with Crippen LogP contribution in [0.15, 0.2) is 24.3 Å². The van der Waals surface area contributed by atoms with Crippen LogP contribution in [0.25, 0.3) is 5.69 Å². The normalized spacial score (nSPS) is 21.2. The van der Waals surface area contributed by atoms with Crippen molar-refractivity contribution in [3.8, 4) is 5.69 Å². The maximum atomic E-state index is 5.06. The highest BCUT2D eigenvalue weighted by Gasteiger charge is 2.30. The zero-order valence-corrected chi connectivity index (χ0v) is 14.2. The number of nitrogens with zero attached hydrogens (tertiary/aromatic N) is 3. The van der Waals surface area contributed by atoms with Crippen LogP contribution >= 0.6 is 0 Å². The number of aryl methyl sites for hydroxylation is 1. The van der Waals surface area contributed by atoms with E-state index in [0.29, 0.717) is 5.92 Å². The van der Waals surface area contributed by atoms with Gasteiger partial charge in [0.2, 0.25) is 0 Å². The summed E-state index contributed by atoms with van der Waals surface area (Å²) in [6.07, 6.45) is 3.67. The van der Waals surface area contributed by atoms with Crippen LogP contribution in [0.1, 0.15) is 42.5 Å². The van der Waals surface area contributed by atoms with Gasteiger partial charge >= 0.3 is 0 Å². The van der Waals surface area contributed by atoms with Crippen LogP contribution in [0, 0.1) is 6.92 Å². The molecular formula is C19H26N4. The topological polar surface area (TPSA) is 33.1 Å². The summed E-state index contributed by atoms with van der Waals surface area (Å²) in [7, 11) is 0. The van der Waals surface area contributed by atoms with E-state index < -0.39 is 0 Å². The predicted molar refractivity (Wildman–Crippen MR) is 94.6 cm³/mol. The standard InChI is InChI=1S/C19H26N4/c1-3-22-11-5-7-15(13-22)18-17-9-10-20-19(17)23(21-18)16-8-4-6-14(2)12-16/h4,6,8,12,15,20H,3,5,7,9-11,13H2,1-2H3. The molecule has 1 fully saturated rings. The van der Waals surface area contributed by atoms with Crippen molar-refractivity contribution in [2.24, 2.45) is 0 Å². The first-order valence-corrected chi connectivity index (χ1v) is 8.91. The fraction of sp³-hybridized carbons (Fsp3) is 0.526. The quantitative estimate of drug-likeness (QED) is 0.944. The number of likely N-dealkylation sites (N-methyl/N-ethyl adjacent to an activating group) is 1. The molecule has 0 radical (unpaired) electrons. The molecule has 1 unspecified atom stereocenters. The lowest BCUT2D eigenvalue weighted by Gasteiger charge is -2.31. The Morgan fingerprint density at radius 1 is 1.35 bits per heavy atom. The summed E-state index contributed by atoms with van der Waals surface area (Å²) < 4.78 is 2.13. The molecule has 1 aromatic heterocycles. The van der Waals surface area contributed by atoms with Crippen molar-refractivity contribution in [2.45, 2.75) is 39.0 Å². The molecule has 4 heteroatoms. The van der Waals surface area contributed by atoms with E-state index in [0.717, 1.165) is 26.1 Å². The van der Waals surface area contributed by atoms with Gasteiger partial charge in [0.1, 0.15) is 5.82 Å². The van der Waals surface area contributed by atoms with Gasteiger partial charge in [-0.15, -0.1) is 0 Å². The molecule has 2 aliphatic heterocycles. The molecule has 1 atom stereocenters. The summed E-state index contributed by atoms with van der Waals surface area (Å²) in [6, 6.07) is 8.63. The average molecular weight is 310 g/mol. The second-order valence-electron chi connectivity index (χ2n) is 6.87. The van der Waals surface area contributed by atoms with Crippen LogP contribution in [0.5, 0.6) is 0 Å². The SMILES string of the molecule is CCN1CCCC(c2nn(-c3cccc(C)c3)c3c2CCN3)C1. The van der Waals surface area contributed by atoms with E-state index in [-0.39, 0.29) is 0 Å². The van der Waals surface area contributed by atoms with Crippen LogP contribution in [0.4, 0.5) is 5.82 Å². The van der Waals surface area contributed by atoms with E-state index in [1.54, 1.807) is 0 Å². The summed E-state index contributed by atoms with van der Waals surface area (Å²) in [5.74, 6) is 1.81. The molecule has 23 heavy (non-hydrogen) atoms. The van der Waals surface area contributed by atoms with E-state index in [1.165, 1.54) is 47.7 Å². The summed E-state index contributed by atoms with van der Waals surface area (Å²) in [5, 5.41) is 8.62. The molecule has 0 saturated carbocycles. The minimum Gasteiger partial charge on any atom is -0.369 e. The van der Waals surface area contributed by atoms with Gasteiger partial charge in [0.05, 0.1) is 11.4 Å². The third kappa shape index (κ3) is 2.65. The van der Waals surface area contributed by atoms with Crippen LogP contribution in [-0.4, -0.2) is 40.9 Å². The van der Waals surface area contributed by atoms with Crippen molar-refractivity contribution in [3.63, 3.8) is 0 Å². The van der Waals surface area contributed by atoms with E-state index in [9.17, 15) is 0 Å². The second kappa shape index (κ2) is 6.00. The average Bonchev–Trinajstić information content (AvgIpc) is 3.17. The van der Waals surface area contributed by atoms with Crippen molar-refractivity contribution in [1.82, 2.24) is 14.7 Å². The fourth-order valence-electron chi connectivity index (χ4n) is 4.04. The molecule has 1 aromatic carbocycles. The molecule has 0 bridgehead atoms. The Labute approximate surface area is 138 Å². The van der Waals surface area contributed by atoms with Crippen molar-refractivity contribution in [1.29, 1.82) is 0 Å². The van der Waals surface area contributed by atoms with Gasteiger partial charge in [-0.2, -0.15) is 5.10 Å². The molecule has 1 saturated heterocycles. The third-order valence-corrected chi connectivity index (χ3v) is 5.27. The highest BCUT2D eigenvalue weighted by Crippen LogP contribution is 2.36. The minimum absolute atomic E-state index is 0.586. The van der Waals surface area contributed by atoms with Crippen molar-refractivity contribution in [3.05, 3.63) is 41.1 Å². The number of nitrogens with one attached hydrogen (secondary N) is 1. The Kier molecular flexibility index (Phi) is 3.85. The Hall–Kier alpha value is -1.81. The first-order chi connectivity index (χ1) is 11.3. The fourth-order valence-corrected chi connectivity index (χ4v) is 4.04. The van der Waals surface area contributed by atoms with Crippen LogP contribution in [-0.2, 0) is 6.42 Å². The molecule has 2 aliphatic rings. The van der Waals surface area contributed by atoms with Gasteiger partial charge in [0.25, 0.3) is 0 Å². The van der Waals surface area contributed by atoms with E-state index in [4.69, 9.17) is 5.10 Å². The summed E-state index contributed by atoms with van der Waals surface area (Å²) in [6.45, 7) is 8.99. The van der Waals surface area contributed by atoms with Gasteiger partial charge in [0, 0.05) is 24.6 Å². The van der Waals surface area contributed by atoms with Crippen LogP contribution < -0.4 is 5.32 Å². The first kappa shape index (κ1) is 14.8. The zero-order valence-electron chi connectivity index (χ0n) is 14.2. The Morgan fingerprint density at radius 2 is 2.26 bits per heavy atom. The van der Waals surface area contributed by atoms with E-state index in [2.05, 4.69) is 53.0 Å². The molecule has 0 aliphatic carbocycles. The zero-order chi connectivity index (χ0) is 15.8. The third-order valence-electron chi connectivity index (χ3n) is 5.27. The summed E-state index contributed by atoms with van der Waals surface area (Å²) in [4.78, 5) is 2.56. The Morgan fingerprint density at radius 3 is 3.09 bits per heavy atom. The molecule has 4 rings (SSSR count). The van der Waals surface area contributed by atoms with Crippen molar-refractivity contribution < 1.29 is 0 Å². The summed E-state index contributed by atoms with van der Waals surface area (Å²) in [5.41, 5.74) is 5.24.